The van der Waals surface area contributed by atoms with Gasteiger partial charge >= 0.3 is 0 Å². The van der Waals surface area contributed by atoms with E-state index in [2.05, 4.69) is 5.32 Å². The van der Waals surface area contributed by atoms with Crippen LogP contribution < -0.4 is 10.1 Å². The topological polar surface area (TPSA) is 58.6 Å². The van der Waals surface area contributed by atoms with Crippen molar-refractivity contribution in [2.24, 2.45) is 0 Å². The molecule has 0 aliphatic heterocycles. The van der Waals surface area contributed by atoms with Crippen LogP contribution >= 0.6 is 0 Å². The molecule has 2 amide bonds. The molecule has 0 aromatic heterocycles. The molecule has 0 spiro atoms. The lowest BCUT2D eigenvalue weighted by atomic mass is 10.1. The van der Waals surface area contributed by atoms with Crippen molar-refractivity contribution in [3.05, 3.63) is 65.0 Å². The fraction of sp³-hybridized carbons (Fsp3) is 0.440. The predicted molar refractivity (Wildman–Crippen MR) is 120 cm³/mol. The van der Waals surface area contributed by atoms with Crippen molar-refractivity contribution in [2.45, 2.75) is 66.1 Å². The SMILES string of the molecule is CC[C@H](C(=O)NC(C)(C)C)N(Cc1ccc(F)cc1)C(=O)COc1cc(C)ccc1C. The number of carbonyl (C=O) groups is 2. The highest BCUT2D eigenvalue weighted by Gasteiger charge is 2.31. The number of halogens is 1. The van der Waals surface area contributed by atoms with Crippen LogP contribution in [-0.4, -0.2) is 34.9 Å². The summed E-state index contributed by atoms with van der Waals surface area (Å²) in [5.74, 6) is -0.238. The van der Waals surface area contributed by atoms with Crippen LogP contribution in [-0.2, 0) is 16.1 Å². The molecule has 0 radical (unpaired) electrons. The molecular formula is C25H33FN2O3. The summed E-state index contributed by atoms with van der Waals surface area (Å²) in [6.07, 6.45) is 0.443. The zero-order valence-electron chi connectivity index (χ0n) is 19.3. The molecule has 2 aromatic carbocycles. The van der Waals surface area contributed by atoms with E-state index < -0.39 is 11.6 Å². The van der Waals surface area contributed by atoms with Crippen LogP contribution in [0.2, 0.25) is 0 Å². The molecule has 0 bridgehead atoms. The van der Waals surface area contributed by atoms with E-state index in [1.54, 1.807) is 12.1 Å². The molecule has 31 heavy (non-hydrogen) atoms. The Kier molecular flexibility index (Phi) is 8.20. The van der Waals surface area contributed by atoms with Gasteiger partial charge in [-0.25, -0.2) is 4.39 Å². The van der Waals surface area contributed by atoms with E-state index in [4.69, 9.17) is 4.74 Å². The molecule has 0 fully saturated rings. The van der Waals surface area contributed by atoms with Gasteiger partial charge in [-0.05, 0) is 75.9 Å². The van der Waals surface area contributed by atoms with Crippen LogP contribution in [0.25, 0.3) is 0 Å². The Labute approximate surface area is 184 Å². The average molecular weight is 429 g/mol. The van der Waals surface area contributed by atoms with Crippen LogP contribution in [0, 0.1) is 19.7 Å². The van der Waals surface area contributed by atoms with Crippen molar-refractivity contribution in [3.8, 4) is 5.75 Å². The third-order valence-corrected chi connectivity index (χ3v) is 4.85. The van der Waals surface area contributed by atoms with Gasteiger partial charge in [0.05, 0.1) is 0 Å². The van der Waals surface area contributed by atoms with E-state index >= 15 is 0 Å². The third-order valence-electron chi connectivity index (χ3n) is 4.85. The molecule has 2 rings (SSSR count). The maximum atomic E-state index is 13.3. The van der Waals surface area contributed by atoms with Crippen LogP contribution in [0.4, 0.5) is 4.39 Å². The van der Waals surface area contributed by atoms with Gasteiger partial charge in [-0.2, -0.15) is 0 Å². The number of benzene rings is 2. The third kappa shape index (κ3) is 7.39. The number of rotatable bonds is 8. The smallest absolute Gasteiger partial charge is 0.261 e. The minimum Gasteiger partial charge on any atom is -0.483 e. The predicted octanol–water partition coefficient (Wildman–Crippen LogP) is 4.54. The molecule has 2 aromatic rings. The molecule has 0 aliphatic carbocycles. The minimum atomic E-state index is -0.668. The van der Waals surface area contributed by atoms with Gasteiger partial charge in [0, 0.05) is 12.1 Å². The van der Waals surface area contributed by atoms with Crippen molar-refractivity contribution in [1.82, 2.24) is 10.2 Å². The molecule has 1 N–H and O–H groups in total. The zero-order chi connectivity index (χ0) is 23.2. The van der Waals surface area contributed by atoms with Crippen molar-refractivity contribution >= 4 is 11.8 Å². The lowest BCUT2D eigenvalue weighted by molar-refractivity contribution is -0.143. The summed E-state index contributed by atoms with van der Waals surface area (Å²) in [7, 11) is 0. The fourth-order valence-electron chi connectivity index (χ4n) is 3.24. The molecule has 1 atom stereocenters. The fourth-order valence-corrected chi connectivity index (χ4v) is 3.24. The first-order valence-electron chi connectivity index (χ1n) is 10.6. The molecule has 6 heteroatoms. The lowest BCUT2D eigenvalue weighted by Gasteiger charge is -2.33. The van der Waals surface area contributed by atoms with Gasteiger partial charge in [-0.1, -0.05) is 31.2 Å². The van der Waals surface area contributed by atoms with Crippen LogP contribution in [0.1, 0.15) is 50.8 Å². The second kappa shape index (κ2) is 10.4. The Morgan fingerprint density at radius 1 is 1.10 bits per heavy atom. The minimum absolute atomic E-state index is 0.186. The first-order chi connectivity index (χ1) is 14.5. The summed E-state index contributed by atoms with van der Waals surface area (Å²) in [5.41, 5.74) is 2.28. The highest BCUT2D eigenvalue weighted by molar-refractivity contribution is 5.88. The van der Waals surface area contributed by atoms with E-state index in [9.17, 15) is 14.0 Å². The molecule has 0 saturated carbocycles. The number of amides is 2. The summed E-state index contributed by atoms with van der Waals surface area (Å²) in [6.45, 7) is 11.4. The van der Waals surface area contributed by atoms with Gasteiger partial charge < -0.3 is 15.0 Å². The normalized spacial score (nSPS) is 12.2. The number of hydrogen-bond acceptors (Lipinski definition) is 3. The molecule has 0 unspecified atom stereocenters. The number of hydrogen-bond donors (Lipinski definition) is 1. The van der Waals surface area contributed by atoms with Gasteiger partial charge in [0.2, 0.25) is 5.91 Å². The quantitative estimate of drug-likeness (QED) is 0.671. The molecule has 0 heterocycles. The monoisotopic (exact) mass is 428 g/mol. The van der Waals surface area contributed by atoms with E-state index in [-0.39, 0.29) is 30.8 Å². The molecular weight excluding hydrogens is 395 g/mol. The molecule has 0 aliphatic rings. The molecule has 5 nitrogen and oxygen atoms in total. The van der Waals surface area contributed by atoms with Crippen molar-refractivity contribution in [3.63, 3.8) is 0 Å². The largest absolute Gasteiger partial charge is 0.483 e. The van der Waals surface area contributed by atoms with Crippen LogP contribution in [0.3, 0.4) is 0 Å². The second-order valence-corrected chi connectivity index (χ2v) is 8.87. The molecule has 0 saturated heterocycles. The van der Waals surface area contributed by atoms with E-state index in [1.165, 1.54) is 17.0 Å². The standard InChI is InChI=1S/C25H33FN2O3/c1-7-21(24(30)27-25(4,5)6)28(15-19-10-12-20(26)13-11-19)23(29)16-31-22-14-17(2)8-9-18(22)3/h8-14,21H,7,15-16H2,1-6H3,(H,27,30)/t21-/m1/s1. The van der Waals surface area contributed by atoms with Crippen molar-refractivity contribution < 1.29 is 18.7 Å². The average Bonchev–Trinajstić information content (AvgIpc) is 2.68. The summed E-state index contributed by atoms with van der Waals surface area (Å²) in [4.78, 5) is 27.7. The van der Waals surface area contributed by atoms with Gasteiger partial charge in [0.25, 0.3) is 5.91 Å². The number of carbonyl (C=O) groups excluding carboxylic acids is 2. The first-order valence-corrected chi connectivity index (χ1v) is 10.6. The Morgan fingerprint density at radius 2 is 1.74 bits per heavy atom. The molecule has 168 valence electrons. The maximum absolute atomic E-state index is 13.3. The maximum Gasteiger partial charge on any atom is 0.261 e. The summed E-state index contributed by atoms with van der Waals surface area (Å²) >= 11 is 0. The Bertz CT molecular complexity index is 904. The Balaban J connectivity index is 2.26. The Hall–Kier alpha value is -2.89. The van der Waals surface area contributed by atoms with Crippen molar-refractivity contribution in [1.29, 1.82) is 0 Å². The zero-order valence-corrected chi connectivity index (χ0v) is 19.3. The van der Waals surface area contributed by atoms with E-state index in [0.717, 1.165) is 16.7 Å². The number of nitrogens with one attached hydrogen (secondary N) is 1. The summed E-state index contributed by atoms with van der Waals surface area (Å²) < 4.78 is 19.1. The van der Waals surface area contributed by atoms with E-state index in [0.29, 0.717) is 12.2 Å². The summed E-state index contributed by atoms with van der Waals surface area (Å²) in [5, 5.41) is 2.96. The lowest BCUT2D eigenvalue weighted by Crippen LogP contribution is -2.54. The highest BCUT2D eigenvalue weighted by atomic mass is 19.1. The van der Waals surface area contributed by atoms with Crippen LogP contribution in [0.15, 0.2) is 42.5 Å². The highest BCUT2D eigenvalue weighted by Crippen LogP contribution is 2.20. The summed E-state index contributed by atoms with van der Waals surface area (Å²) in [6, 6.07) is 11.1. The second-order valence-electron chi connectivity index (χ2n) is 8.87. The van der Waals surface area contributed by atoms with Crippen LogP contribution in [0.5, 0.6) is 5.75 Å². The number of ether oxygens (including phenoxy) is 1. The van der Waals surface area contributed by atoms with Gasteiger partial charge in [-0.3, -0.25) is 9.59 Å². The van der Waals surface area contributed by atoms with E-state index in [1.807, 2.05) is 59.7 Å². The Morgan fingerprint density at radius 3 is 2.32 bits per heavy atom. The van der Waals surface area contributed by atoms with Gasteiger partial charge in [0.15, 0.2) is 6.61 Å². The number of nitrogens with zero attached hydrogens (tertiary/aromatic N) is 1. The number of aryl methyl sites for hydroxylation is 2. The van der Waals surface area contributed by atoms with Gasteiger partial charge in [0.1, 0.15) is 17.6 Å². The van der Waals surface area contributed by atoms with Crippen molar-refractivity contribution in [2.75, 3.05) is 6.61 Å². The van der Waals surface area contributed by atoms with Gasteiger partial charge in [-0.15, -0.1) is 0 Å². The first kappa shape index (κ1) is 24.4.